The average molecular weight is 269 g/mol. The van der Waals surface area contributed by atoms with Crippen LogP contribution in [0.25, 0.3) is 21.8 Å². The first-order chi connectivity index (χ1) is 9.63. The van der Waals surface area contributed by atoms with Crippen LogP contribution in [0, 0.1) is 10.1 Å². The standard InChI is InChI=1S/C14H11N3O3/c1-20-11-7-3-5-9-12(15)8-4-2-6-10(17(18)19)13(8)16-14(9)11/h2-7H,1H3,(H2,15,16). The molecule has 0 aliphatic carbocycles. The van der Waals surface area contributed by atoms with Gasteiger partial charge in [0.2, 0.25) is 0 Å². The number of nitro groups is 1. The third kappa shape index (κ3) is 1.62. The molecular formula is C14H11N3O3. The van der Waals surface area contributed by atoms with Crippen LogP contribution in [0.2, 0.25) is 0 Å². The fraction of sp³-hybridized carbons (Fsp3) is 0.0714. The summed E-state index contributed by atoms with van der Waals surface area (Å²) in [5.74, 6) is 0.536. The number of hydrogen-bond acceptors (Lipinski definition) is 5. The Bertz CT molecular complexity index is 846. The van der Waals surface area contributed by atoms with Gasteiger partial charge in [-0.2, -0.15) is 0 Å². The van der Waals surface area contributed by atoms with E-state index in [9.17, 15) is 10.1 Å². The van der Waals surface area contributed by atoms with E-state index in [0.29, 0.717) is 22.3 Å². The van der Waals surface area contributed by atoms with Crippen molar-refractivity contribution in [3.63, 3.8) is 0 Å². The summed E-state index contributed by atoms with van der Waals surface area (Å²) >= 11 is 0. The maximum absolute atomic E-state index is 11.1. The van der Waals surface area contributed by atoms with Crippen LogP contribution in [0.15, 0.2) is 36.4 Å². The van der Waals surface area contributed by atoms with Gasteiger partial charge in [0, 0.05) is 16.8 Å². The Morgan fingerprint density at radius 2 is 1.80 bits per heavy atom. The highest BCUT2D eigenvalue weighted by atomic mass is 16.6. The second kappa shape index (κ2) is 4.34. The summed E-state index contributed by atoms with van der Waals surface area (Å²) < 4.78 is 5.24. The van der Waals surface area contributed by atoms with Crippen molar-refractivity contribution in [1.29, 1.82) is 0 Å². The highest BCUT2D eigenvalue weighted by Gasteiger charge is 2.17. The summed E-state index contributed by atoms with van der Waals surface area (Å²) in [7, 11) is 1.52. The molecule has 0 bridgehead atoms. The molecule has 3 rings (SSSR count). The molecule has 0 aliphatic heterocycles. The van der Waals surface area contributed by atoms with Crippen LogP contribution in [-0.2, 0) is 0 Å². The number of anilines is 1. The van der Waals surface area contributed by atoms with Gasteiger partial charge in [0.1, 0.15) is 11.3 Å². The number of non-ortho nitro benzene ring substituents is 1. The number of fused-ring (bicyclic) bond motifs is 2. The molecule has 0 spiro atoms. The topological polar surface area (TPSA) is 91.3 Å². The number of nitro benzene ring substituents is 1. The minimum atomic E-state index is -0.462. The number of para-hydroxylation sites is 2. The minimum Gasteiger partial charge on any atom is -0.494 e. The molecular weight excluding hydrogens is 258 g/mol. The number of rotatable bonds is 2. The van der Waals surface area contributed by atoms with E-state index < -0.39 is 4.92 Å². The first-order valence-electron chi connectivity index (χ1n) is 5.93. The summed E-state index contributed by atoms with van der Waals surface area (Å²) in [5, 5.41) is 12.4. The Hall–Kier alpha value is -2.89. The molecule has 6 nitrogen and oxygen atoms in total. The van der Waals surface area contributed by atoms with Crippen LogP contribution >= 0.6 is 0 Å². The molecule has 0 atom stereocenters. The summed E-state index contributed by atoms with van der Waals surface area (Å²) in [4.78, 5) is 15.0. The lowest BCUT2D eigenvalue weighted by atomic mass is 10.1. The van der Waals surface area contributed by atoms with E-state index >= 15 is 0 Å². The molecule has 3 aromatic rings. The van der Waals surface area contributed by atoms with Gasteiger partial charge < -0.3 is 10.5 Å². The molecule has 2 aromatic carbocycles. The zero-order valence-electron chi connectivity index (χ0n) is 10.7. The maximum Gasteiger partial charge on any atom is 0.295 e. The molecule has 0 saturated carbocycles. The summed E-state index contributed by atoms with van der Waals surface area (Å²) in [6.07, 6.45) is 0. The van der Waals surface area contributed by atoms with E-state index in [1.165, 1.54) is 13.2 Å². The Balaban J connectivity index is 2.55. The SMILES string of the molecule is COc1cccc2c(N)c3cccc([N+](=O)[O-])c3nc12. The second-order valence-electron chi connectivity index (χ2n) is 4.31. The molecule has 2 N–H and O–H groups in total. The van der Waals surface area contributed by atoms with Gasteiger partial charge in [-0.15, -0.1) is 0 Å². The van der Waals surface area contributed by atoms with E-state index in [1.807, 2.05) is 12.1 Å². The fourth-order valence-electron chi connectivity index (χ4n) is 2.29. The van der Waals surface area contributed by atoms with Crippen molar-refractivity contribution in [2.45, 2.75) is 0 Å². The second-order valence-corrected chi connectivity index (χ2v) is 4.31. The van der Waals surface area contributed by atoms with Crippen LogP contribution < -0.4 is 10.5 Å². The van der Waals surface area contributed by atoms with Crippen molar-refractivity contribution < 1.29 is 9.66 Å². The Morgan fingerprint density at radius 1 is 1.15 bits per heavy atom. The van der Waals surface area contributed by atoms with Crippen LogP contribution in [0.4, 0.5) is 11.4 Å². The summed E-state index contributed by atoms with van der Waals surface area (Å²) in [6.45, 7) is 0. The van der Waals surface area contributed by atoms with Crippen LogP contribution in [0.1, 0.15) is 0 Å². The predicted octanol–water partition coefficient (Wildman–Crippen LogP) is 2.89. The maximum atomic E-state index is 11.1. The summed E-state index contributed by atoms with van der Waals surface area (Å²) in [5.41, 5.74) is 7.32. The number of ether oxygens (including phenoxy) is 1. The molecule has 0 aliphatic rings. The van der Waals surface area contributed by atoms with Crippen molar-refractivity contribution in [2.24, 2.45) is 0 Å². The third-order valence-corrected chi connectivity index (χ3v) is 3.23. The van der Waals surface area contributed by atoms with Crippen LogP contribution in [-0.4, -0.2) is 17.0 Å². The summed E-state index contributed by atoms with van der Waals surface area (Å²) in [6, 6.07) is 10.1. The first kappa shape index (κ1) is 12.2. The van der Waals surface area contributed by atoms with Gasteiger partial charge in [-0.1, -0.05) is 24.3 Å². The molecule has 0 amide bonds. The lowest BCUT2D eigenvalue weighted by Gasteiger charge is -2.09. The zero-order chi connectivity index (χ0) is 14.3. The van der Waals surface area contributed by atoms with Gasteiger partial charge in [0.25, 0.3) is 5.69 Å². The number of aromatic nitrogens is 1. The van der Waals surface area contributed by atoms with Gasteiger partial charge >= 0.3 is 0 Å². The van der Waals surface area contributed by atoms with E-state index in [1.54, 1.807) is 18.2 Å². The molecule has 0 fully saturated rings. The lowest BCUT2D eigenvalue weighted by Crippen LogP contribution is -1.97. The van der Waals surface area contributed by atoms with Crippen molar-refractivity contribution in [2.75, 3.05) is 12.8 Å². The molecule has 0 radical (unpaired) electrons. The van der Waals surface area contributed by atoms with Crippen molar-refractivity contribution in [3.05, 3.63) is 46.5 Å². The van der Waals surface area contributed by atoms with Crippen molar-refractivity contribution >= 4 is 33.2 Å². The molecule has 1 heterocycles. The Kier molecular flexibility index (Phi) is 2.64. The van der Waals surface area contributed by atoms with Gasteiger partial charge in [-0.05, 0) is 6.07 Å². The highest BCUT2D eigenvalue weighted by Crippen LogP contribution is 2.35. The number of nitrogen functional groups attached to an aromatic ring is 1. The monoisotopic (exact) mass is 269 g/mol. The van der Waals surface area contributed by atoms with Crippen molar-refractivity contribution in [1.82, 2.24) is 4.98 Å². The van der Waals surface area contributed by atoms with Gasteiger partial charge in [-0.25, -0.2) is 4.98 Å². The normalized spacial score (nSPS) is 10.8. The van der Waals surface area contributed by atoms with E-state index in [4.69, 9.17) is 10.5 Å². The van der Waals surface area contributed by atoms with Crippen LogP contribution in [0.3, 0.4) is 0 Å². The average Bonchev–Trinajstić information content (AvgIpc) is 2.46. The smallest absolute Gasteiger partial charge is 0.295 e. The number of pyridine rings is 1. The minimum absolute atomic E-state index is 0.0676. The third-order valence-electron chi connectivity index (χ3n) is 3.23. The number of nitrogens with zero attached hydrogens (tertiary/aromatic N) is 2. The number of hydrogen-bond donors (Lipinski definition) is 1. The first-order valence-corrected chi connectivity index (χ1v) is 5.93. The van der Waals surface area contributed by atoms with E-state index in [0.717, 1.165) is 5.39 Å². The van der Waals surface area contributed by atoms with Crippen LogP contribution in [0.5, 0.6) is 5.75 Å². The predicted molar refractivity (Wildman–Crippen MR) is 76.9 cm³/mol. The number of benzene rings is 2. The highest BCUT2D eigenvalue weighted by molar-refractivity contribution is 6.10. The van der Waals surface area contributed by atoms with Gasteiger partial charge in [-0.3, -0.25) is 10.1 Å². The fourth-order valence-corrected chi connectivity index (χ4v) is 2.29. The molecule has 0 saturated heterocycles. The Labute approximate surface area is 113 Å². The Morgan fingerprint density at radius 3 is 2.45 bits per heavy atom. The van der Waals surface area contributed by atoms with E-state index in [-0.39, 0.29) is 11.2 Å². The van der Waals surface area contributed by atoms with Crippen molar-refractivity contribution in [3.8, 4) is 5.75 Å². The molecule has 100 valence electrons. The molecule has 20 heavy (non-hydrogen) atoms. The van der Waals surface area contributed by atoms with Gasteiger partial charge in [0.15, 0.2) is 5.52 Å². The van der Waals surface area contributed by atoms with Gasteiger partial charge in [0.05, 0.1) is 17.7 Å². The zero-order valence-corrected chi connectivity index (χ0v) is 10.7. The van der Waals surface area contributed by atoms with E-state index in [2.05, 4.69) is 4.98 Å². The molecule has 0 unspecified atom stereocenters. The molecule has 1 aromatic heterocycles. The number of methoxy groups -OCH3 is 1. The molecule has 6 heteroatoms. The quantitative estimate of drug-likeness (QED) is 0.438. The largest absolute Gasteiger partial charge is 0.494 e. The lowest BCUT2D eigenvalue weighted by molar-refractivity contribution is -0.383. The number of nitrogens with two attached hydrogens (primary N) is 1.